The summed E-state index contributed by atoms with van der Waals surface area (Å²) in [5.74, 6) is -1.76. The molecule has 240 valence electrons. The van der Waals surface area contributed by atoms with Crippen LogP contribution < -0.4 is 5.32 Å². The topological polar surface area (TPSA) is 136 Å². The van der Waals surface area contributed by atoms with Gasteiger partial charge in [0.05, 0.1) is 6.10 Å². The summed E-state index contributed by atoms with van der Waals surface area (Å²) in [5, 5.41) is 31.8. The van der Waals surface area contributed by atoms with Gasteiger partial charge in [-0.1, -0.05) is 47.6 Å². The number of phenolic OH excluding ortho intramolecular Hbond substituents is 2. The molecule has 5 unspecified atom stereocenters. The number of esters is 1. The fourth-order valence-corrected chi connectivity index (χ4v) is 5.82. The number of amides is 2. The second-order valence-corrected chi connectivity index (χ2v) is 12.3. The third-order valence-corrected chi connectivity index (χ3v) is 9.13. The van der Waals surface area contributed by atoms with E-state index in [-0.39, 0.29) is 34.9 Å². The summed E-state index contributed by atoms with van der Waals surface area (Å²) in [4.78, 5) is 40.2. The predicted molar refractivity (Wildman–Crippen MR) is 169 cm³/mol. The van der Waals surface area contributed by atoms with Gasteiger partial charge in [-0.05, 0) is 86.7 Å². The summed E-state index contributed by atoms with van der Waals surface area (Å²) in [7, 11) is 0. The van der Waals surface area contributed by atoms with Gasteiger partial charge in [0.25, 0.3) is 0 Å². The summed E-state index contributed by atoms with van der Waals surface area (Å²) in [6.07, 6.45) is 4.07. The van der Waals surface area contributed by atoms with Gasteiger partial charge < -0.3 is 30.3 Å². The van der Waals surface area contributed by atoms with Gasteiger partial charge in [-0.3, -0.25) is 9.59 Å². The SMILES string of the molecule is CC.CC(CC1CCC(C)(C)C1(C)C)OC(=O)C1CCCN1C(=O)C(C)NC(=O)C(O)Cc1ccc(O)c(O)c1.CS. The van der Waals surface area contributed by atoms with Gasteiger partial charge >= 0.3 is 5.97 Å². The third kappa shape index (κ3) is 9.27. The maximum Gasteiger partial charge on any atom is 0.329 e. The summed E-state index contributed by atoms with van der Waals surface area (Å²) in [6.45, 7) is 17.0. The molecule has 2 amide bonds. The van der Waals surface area contributed by atoms with Crippen molar-refractivity contribution >= 4 is 30.4 Å². The van der Waals surface area contributed by atoms with Gasteiger partial charge in [0.15, 0.2) is 11.5 Å². The smallest absolute Gasteiger partial charge is 0.329 e. The van der Waals surface area contributed by atoms with Gasteiger partial charge in [0, 0.05) is 13.0 Å². The molecule has 10 heteroatoms. The number of carbonyl (C=O) groups excluding carboxylic acids is 3. The summed E-state index contributed by atoms with van der Waals surface area (Å²) in [5.41, 5.74) is 0.822. The van der Waals surface area contributed by atoms with Crippen molar-refractivity contribution in [2.24, 2.45) is 16.7 Å². The Labute approximate surface area is 257 Å². The highest BCUT2D eigenvalue weighted by molar-refractivity contribution is 7.79. The molecule has 1 saturated carbocycles. The molecule has 3 rings (SSSR count). The number of aromatic hydroxyl groups is 2. The first-order chi connectivity index (χ1) is 19.6. The fourth-order valence-electron chi connectivity index (χ4n) is 5.82. The molecule has 2 fully saturated rings. The first-order valence-corrected chi connectivity index (χ1v) is 16.0. The minimum Gasteiger partial charge on any atom is -0.504 e. The van der Waals surface area contributed by atoms with Crippen LogP contribution >= 0.6 is 12.6 Å². The molecule has 2 aliphatic rings. The standard InChI is InChI=1S/C29H44N2O7.C2H6.CH4S/c1-17(14-20-11-12-28(3,4)29(20,5)6)38-27(37)21-8-7-13-31(21)26(36)18(2)30-25(35)24(34)16-19-9-10-22(32)23(33)15-19;2*1-2/h9-10,15,17-18,20-21,24,32-34H,7-8,11-14,16H2,1-6H3,(H,30,35);1-2H3;2H,1H3. The predicted octanol–water partition coefficient (Wildman–Crippen LogP) is 4.85. The second-order valence-electron chi connectivity index (χ2n) is 12.3. The molecule has 1 aliphatic carbocycles. The van der Waals surface area contributed by atoms with Crippen LogP contribution in [0.1, 0.15) is 93.1 Å². The van der Waals surface area contributed by atoms with Crippen LogP contribution in [0.3, 0.4) is 0 Å². The molecule has 9 nitrogen and oxygen atoms in total. The highest BCUT2D eigenvalue weighted by Crippen LogP contribution is 2.57. The molecule has 1 aromatic carbocycles. The molecule has 1 heterocycles. The molecular weight excluding hydrogens is 556 g/mol. The number of likely N-dealkylation sites (tertiary alicyclic amines) is 1. The van der Waals surface area contributed by atoms with E-state index >= 15 is 0 Å². The Bertz CT molecular complexity index is 1050. The lowest BCUT2D eigenvalue weighted by Crippen LogP contribution is -2.52. The lowest BCUT2D eigenvalue weighted by Gasteiger charge is -2.40. The van der Waals surface area contributed by atoms with Crippen LogP contribution in [-0.2, 0) is 25.5 Å². The molecule has 0 radical (unpaired) electrons. The quantitative estimate of drug-likeness (QED) is 0.153. The Hall–Kier alpha value is -2.46. The van der Waals surface area contributed by atoms with Crippen LogP contribution in [0.2, 0.25) is 0 Å². The van der Waals surface area contributed by atoms with E-state index in [1.54, 1.807) is 6.26 Å². The second kappa shape index (κ2) is 16.4. The largest absolute Gasteiger partial charge is 0.504 e. The fraction of sp³-hybridized carbons (Fsp3) is 0.719. The van der Waals surface area contributed by atoms with Crippen molar-refractivity contribution in [2.75, 3.05) is 12.8 Å². The normalized spacial score (nSPS) is 22.4. The average Bonchev–Trinajstić information content (AvgIpc) is 3.51. The molecule has 5 atom stereocenters. The van der Waals surface area contributed by atoms with Crippen molar-refractivity contribution in [3.8, 4) is 11.5 Å². The van der Waals surface area contributed by atoms with Crippen LogP contribution in [0, 0.1) is 16.7 Å². The summed E-state index contributed by atoms with van der Waals surface area (Å²) < 4.78 is 5.82. The Morgan fingerprint density at radius 2 is 1.69 bits per heavy atom. The number of aliphatic hydroxyl groups excluding tert-OH is 1. The van der Waals surface area contributed by atoms with E-state index in [0.29, 0.717) is 30.9 Å². The lowest BCUT2D eigenvalue weighted by atomic mass is 9.66. The number of benzene rings is 1. The molecule has 0 aromatic heterocycles. The maximum atomic E-state index is 13.1. The zero-order valence-corrected chi connectivity index (χ0v) is 27.8. The van der Waals surface area contributed by atoms with E-state index in [0.717, 1.165) is 19.3 Å². The van der Waals surface area contributed by atoms with Crippen molar-refractivity contribution in [1.82, 2.24) is 10.2 Å². The van der Waals surface area contributed by atoms with Gasteiger partial charge in [-0.25, -0.2) is 4.79 Å². The van der Waals surface area contributed by atoms with E-state index < -0.39 is 36.0 Å². The highest BCUT2D eigenvalue weighted by Gasteiger charge is 2.49. The number of hydrogen-bond acceptors (Lipinski definition) is 8. The molecule has 4 N–H and O–H groups in total. The average molecular weight is 611 g/mol. The first kappa shape index (κ1) is 37.6. The van der Waals surface area contributed by atoms with Crippen LogP contribution in [-0.4, -0.2) is 75.1 Å². The Balaban J connectivity index is 0.00000211. The van der Waals surface area contributed by atoms with Crippen LogP contribution in [0.5, 0.6) is 11.5 Å². The van der Waals surface area contributed by atoms with Crippen molar-refractivity contribution < 1.29 is 34.4 Å². The van der Waals surface area contributed by atoms with Crippen LogP contribution in [0.15, 0.2) is 18.2 Å². The lowest BCUT2D eigenvalue weighted by molar-refractivity contribution is -0.159. The molecule has 0 spiro atoms. The van der Waals surface area contributed by atoms with Crippen LogP contribution in [0.25, 0.3) is 0 Å². The number of thiol groups is 1. The molecule has 0 bridgehead atoms. The monoisotopic (exact) mass is 610 g/mol. The molecular formula is C32H54N2O7S. The maximum absolute atomic E-state index is 13.1. The van der Waals surface area contributed by atoms with Gasteiger partial charge in [0.2, 0.25) is 11.8 Å². The zero-order chi connectivity index (χ0) is 32.4. The number of aliphatic hydroxyl groups is 1. The van der Waals surface area contributed by atoms with Crippen LogP contribution in [0.4, 0.5) is 0 Å². The first-order valence-electron chi connectivity index (χ1n) is 15.1. The number of phenols is 2. The minimum absolute atomic E-state index is 0.105. The number of nitrogens with zero attached hydrogens (tertiary/aromatic N) is 1. The van der Waals surface area contributed by atoms with E-state index in [2.05, 4.69) is 45.6 Å². The molecule has 1 saturated heterocycles. The van der Waals surface area contributed by atoms with Crippen molar-refractivity contribution in [3.05, 3.63) is 23.8 Å². The van der Waals surface area contributed by atoms with E-state index in [4.69, 9.17) is 4.74 Å². The molecule has 1 aromatic rings. The van der Waals surface area contributed by atoms with Gasteiger partial charge in [-0.2, -0.15) is 12.6 Å². The minimum atomic E-state index is -1.46. The summed E-state index contributed by atoms with van der Waals surface area (Å²) >= 11 is 3.53. The Kier molecular flexibility index (Phi) is 14.7. The van der Waals surface area contributed by atoms with Crippen molar-refractivity contribution in [2.45, 2.75) is 118 Å². The van der Waals surface area contributed by atoms with Crippen molar-refractivity contribution in [1.29, 1.82) is 0 Å². The van der Waals surface area contributed by atoms with Crippen molar-refractivity contribution in [3.63, 3.8) is 0 Å². The number of ether oxygens (including phenoxy) is 1. The highest BCUT2D eigenvalue weighted by atomic mass is 32.1. The third-order valence-electron chi connectivity index (χ3n) is 9.13. The van der Waals surface area contributed by atoms with Gasteiger partial charge in [0.1, 0.15) is 18.2 Å². The summed E-state index contributed by atoms with van der Waals surface area (Å²) in [6, 6.07) is 2.37. The zero-order valence-electron chi connectivity index (χ0n) is 26.9. The van der Waals surface area contributed by atoms with E-state index in [1.807, 2.05) is 20.8 Å². The number of nitrogens with one attached hydrogen (secondary N) is 1. The number of hydrogen-bond donors (Lipinski definition) is 5. The Morgan fingerprint density at radius 1 is 1.07 bits per heavy atom. The Morgan fingerprint density at radius 3 is 2.24 bits per heavy atom. The van der Waals surface area contributed by atoms with E-state index in [1.165, 1.54) is 30.0 Å². The van der Waals surface area contributed by atoms with Gasteiger partial charge in [-0.15, -0.1) is 0 Å². The molecule has 1 aliphatic heterocycles. The number of rotatable bonds is 9. The number of carbonyl (C=O) groups is 3. The molecule has 42 heavy (non-hydrogen) atoms. The van der Waals surface area contributed by atoms with E-state index in [9.17, 15) is 29.7 Å².